The van der Waals surface area contributed by atoms with E-state index in [1.165, 1.54) is 6.33 Å². The Morgan fingerprint density at radius 1 is 1.32 bits per heavy atom. The molecule has 0 spiro atoms. The molecule has 1 aromatic heterocycles. The van der Waals surface area contributed by atoms with Crippen molar-refractivity contribution in [1.29, 1.82) is 0 Å². The van der Waals surface area contributed by atoms with Crippen LogP contribution in [-0.2, 0) is 21.3 Å². The molecule has 3 heterocycles. The smallest absolute Gasteiger partial charge is 0.243 e. The van der Waals surface area contributed by atoms with Gasteiger partial charge < -0.3 is 4.74 Å². The number of fused-ring (bicyclic) bond motifs is 1. The molecule has 3 fully saturated rings. The van der Waals surface area contributed by atoms with E-state index in [0.717, 1.165) is 18.4 Å². The van der Waals surface area contributed by atoms with Crippen LogP contribution in [-0.4, -0.2) is 51.8 Å². The van der Waals surface area contributed by atoms with Crippen molar-refractivity contribution in [3.05, 3.63) is 42.5 Å². The van der Waals surface area contributed by atoms with Crippen LogP contribution in [0.4, 0.5) is 0 Å². The lowest BCUT2D eigenvalue weighted by molar-refractivity contribution is -0.0992. The lowest BCUT2D eigenvalue weighted by Crippen LogP contribution is -2.44. The summed E-state index contributed by atoms with van der Waals surface area (Å²) in [6.07, 6.45) is 4.70. The van der Waals surface area contributed by atoms with Gasteiger partial charge in [-0.3, -0.25) is 0 Å². The molecule has 1 aliphatic carbocycles. The lowest BCUT2D eigenvalue weighted by Gasteiger charge is -2.38. The lowest BCUT2D eigenvalue weighted by atomic mass is 9.81. The van der Waals surface area contributed by atoms with Gasteiger partial charge in [0.05, 0.1) is 23.1 Å². The summed E-state index contributed by atoms with van der Waals surface area (Å²) in [5, 5.41) is 4.08. The molecule has 0 amide bonds. The second-order valence-electron chi connectivity index (χ2n) is 7.16. The average Bonchev–Trinajstić information content (AvgIpc) is 3.22. The second kappa shape index (κ2) is 5.89. The Kier molecular flexibility index (Phi) is 3.93. The van der Waals surface area contributed by atoms with Gasteiger partial charge in [0.15, 0.2) is 0 Å². The Morgan fingerprint density at radius 3 is 2.76 bits per heavy atom. The first kappa shape index (κ1) is 16.7. The predicted molar refractivity (Wildman–Crippen MR) is 91.4 cm³/mol. The average molecular weight is 362 g/mol. The molecule has 5 rings (SSSR count). The van der Waals surface area contributed by atoms with E-state index < -0.39 is 10.0 Å². The number of ether oxygens (including phenoxy) is 1. The molecule has 2 aliphatic heterocycles. The summed E-state index contributed by atoms with van der Waals surface area (Å²) in [6.45, 7) is 4.80. The summed E-state index contributed by atoms with van der Waals surface area (Å²) in [6, 6.07) is 7.16. The number of aromatic nitrogens is 3. The molecule has 134 valence electrons. The van der Waals surface area contributed by atoms with Crippen molar-refractivity contribution >= 4 is 10.0 Å². The van der Waals surface area contributed by atoms with Gasteiger partial charge in [-0.1, -0.05) is 18.2 Å². The third-order valence-corrected chi connectivity index (χ3v) is 6.91. The van der Waals surface area contributed by atoms with Gasteiger partial charge in [0, 0.05) is 12.6 Å². The molecule has 7 nitrogen and oxygen atoms in total. The molecular weight excluding hydrogens is 340 g/mol. The Bertz CT molecular complexity index is 858. The first-order valence-electron chi connectivity index (χ1n) is 8.50. The Balaban J connectivity index is 1.62. The fraction of sp³-hybridized carbons (Fsp3) is 0.529. The van der Waals surface area contributed by atoms with Crippen LogP contribution >= 0.6 is 0 Å². The fourth-order valence-electron chi connectivity index (χ4n) is 3.96. The number of sulfonamides is 1. The molecule has 8 heteroatoms. The minimum absolute atomic E-state index is 0.0446. The van der Waals surface area contributed by atoms with Crippen molar-refractivity contribution in [2.45, 2.75) is 55.9 Å². The van der Waals surface area contributed by atoms with Gasteiger partial charge in [-0.25, -0.2) is 18.1 Å². The van der Waals surface area contributed by atoms with E-state index in [2.05, 4.69) is 10.1 Å². The normalized spacial score (nSPS) is 26.1. The molecule has 2 saturated heterocycles. The van der Waals surface area contributed by atoms with Crippen LogP contribution in [0.15, 0.2) is 41.8 Å². The highest BCUT2D eigenvalue weighted by atomic mass is 32.2. The van der Waals surface area contributed by atoms with E-state index in [1.54, 1.807) is 27.4 Å². The van der Waals surface area contributed by atoms with Crippen molar-refractivity contribution in [2.75, 3.05) is 6.54 Å². The molecular formula is C17H22N4O3S. The Morgan fingerprint density at radius 2 is 2.08 bits per heavy atom. The van der Waals surface area contributed by atoms with Crippen LogP contribution < -0.4 is 0 Å². The van der Waals surface area contributed by atoms with Gasteiger partial charge in [0.1, 0.15) is 12.7 Å². The number of hydrogen-bond acceptors (Lipinski definition) is 5. The fourth-order valence-corrected chi connectivity index (χ4v) is 5.87. The van der Waals surface area contributed by atoms with Crippen molar-refractivity contribution in [3.8, 4) is 0 Å². The summed E-state index contributed by atoms with van der Waals surface area (Å²) in [7, 11) is -3.56. The van der Waals surface area contributed by atoms with Gasteiger partial charge in [0.25, 0.3) is 0 Å². The highest BCUT2D eigenvalue weighted by Gasteiger charge is 2.60. The number of hydrogen-bond donors (Lipinski definition) is 0. The quantitative estimate of drug-likeness (QED) is 0.781. The molecule has 1 aromatic carbocycles. The minimum Gasteiger partial charge on any atom is -0.371 e. The summed E-state index contributed by atoms with van der Waals surface area (Å²) < 4.78 is 35.8. The van der Waals surface area contributed by atoms with Gasteiger partial charge in [-0.15, -0.1) is 0 Å². The van der Waals surface area contributed by atoms with Gasteiger partial charge in [-0.05, 0) is 38.3 Å². The molecule has 3 aliphatic rings. The second-order valence-corrected chi connectivity index (χ2v) is 9.02. The molecule has 25 heavy (non-hydrogen) atoms. The molecule has 1 saturated carbocycles. The van der Waals surface area contributed by atoms with Crippen LogP contribution in [0, 0.1) is 0 Å². The maximum absolute atomic E-state index is 13.3. The summed E-state index contributed by atoms with van der Waals surface area (Å²) in [5.74, 6) is 0. The van der Waals surface area contributed by atoms with Crippen molar-refractivity contribution in [1.82, 2.24) is 19.1 Å². The molecule has 0 atom stereocenters. The van der Waals surface area contributed by atoms with Gasteiger partial charge in [0.2, 0.25) is 10.0 Å². The monoisotopic (exact) mass is 362 g/mol. The van der Waals surface area contributed by atoms with E-state index in [1.807, 2.05) is 26.0 Å². The largest absolute Gasteiger partial charge is 0.371 e. The van der Waals surface area contributed by atoms with Crippen LogP contribution in [0.25, 0.3) is 0 Å². The van der Waals surface area contributed by atoms with E-state index in [9.17, 15) is 8.42 Å². The standard InChI is InChI=1S/C17H22N4O3S/c1-13(2)24-17-7-15(8-17)21(10-17)25(22,23)16-6-4-3-5-14(16)9-20-12-18-11-19-20/h3-6,11-13,15H,7-10H2,1-2H3. The maximum atomic E-state index is 13.3. The third kappa shape index (κ3) is 2.88. The maximum Gasteiger partial charge on any atom is 0.243 e. The Hall–Kier alpha value is -1.77. The Labute approximate surface area is 147 Å². The number of nitrogens with zero attached hydrogens (tertiary/aromatic N) is 4. The zero-order chi connectivity index (χ0) is 17.7. The summed E-state index contributed by atoms with van der Waals surface area (Å²) >= 11 is 0. The van der Waals surface area contributed by atoms with E-state index in [0.29, 0.717) is 18.0 Å². The molecule has 0 unspecified atom stereocenters. The van der Waals surface area contributed by atoms with E-state index in [4.69, 9.17) is 4.74 Å². The van der Waals surface area contributed by atoms with Crippen molar-refractivity contribution in [2.24, 2.45) is 0 Å². The summed E-state index contributed by atoms with van der Waals surface area (Å²) in [4.78, 5) is 4.26. The van der Waals surface area contributed by atoms with Crippen LogP contribution in [0.2, 0.25) is 0 Å². The topological polar surface area (TPSA) is 77.3 Å². The predicted octanol–water partition coefficient (Wildman–Crippen LogP) is 1.66. The van der Waals surface area contributed by atoms with Gasteiger partial charge in [-0.2, -0.15) is 9.40 Å². The van der Waals surface area contributed by atoms with E-state index >= 15 is 0 Å². The number of rotatable bonds is 6. The van der Waals surface area contributed by atoms with Crippen LogP contribution in [0.3, 0.4) is 0 Å². The van der Waals surface area contributed by atoms with Crippen molar-refractivity contribution < 1.29 is 13.2 Å². The first-order valence-corrected chi connectivity index (χ1v) is 9.94. The minimum atomic E-state index is -3.56. The third-order valence-electron chi connectivity index (χ3n) is 4.91. The highest BCUT2D eigenvalue weighted by molar-refractivity contribution is 7.89. The molecule has 0 radical (unpaired) electrons. The zero-order valence-electron chi connectivity index (χ0n) is 14.4. The van der Waals surface area contributed by atoms with Gasteiger partial charge >= 0.3 is 0 Å². The number of benzene rings is 1. The molecule has 2 aromatic rings. The van der Waals surface area contributed by atoms with Crippen molar-refractivity contribution in [3.63, 3.8) is 0 Å². The SMILES string of the molecule is CC(C)OC12CC(C1)N(S(=O)(=O)c1ccccc1Cn1cncn1)C2. The molecule has 2 bridgehead atoms. The zero-order valence-corrected chi connectivity index (χ0v) is 15.2. The first-order chi connectivity index (χ1) is 11.9. The van der Waals surface area contributed by atoms with Crippen LogP contribution in [0.5, 0.6) is 0 Å². The summed E-state index contributed by atoms with van der Waals surface area (Å²) in [5.41, 5.74) is 0.420. The van der Waals surface area contributed by atoms with E-state index in [-0.39, 0.29) is 17.7 Å². The highest BCUT2D eigenvalue weighted by Crippen LogP contribution is 2.50. The molecule has 0 N–H and O–H groups in total. The van der Waals surface area contributed by atoms with Crippen LogP contribution in [0.1, 0.15) is 32.3 Å².